The highest BCUT2D eigenvalue weighted by molar-refractivity contribution is 5.80. The number of carbonyl (C=O) groups is 2. The number of amides is 2. The first-order valence-corrected chi connectivity index (χ1v) is 12.3. The van der Waals surface area contributed by atoms with E-state index in [9.17, 15) is 14.0 Å². The van der Waals surface area contributed by atoms with Crippen molar-refractivity contribution in [3.8, 4) is 11.5 Å². The van der Waals surface area contributed by atoms with Gasteiger partial charge < -0.3 is 24.6 Å². The number of ether oxygens (including phenoxy) is 2. The lowest BCUT2D eigenvalue weighted by molar-refractivity contribution is -0.132. The molecule has 8 heteroatoms. The van der Waals surface area contributed by atoms with Crippen LogP contribution < -0.4 is 19.7 Å². The van der Waals surface area contributed by atoms with Crippen molar-refractivity contribution in [3.05, 3.63) is 53.8 Å². The molecule has 0 bridgehead atoms. The summed E-state index contributed by atoms with van der Waals surface area (Å²) in [7, 11) is 1.50. The van der Waals surface area contributed by atoms with Gasteiger partial charge in [0, 0.05) is 50.6 Å². The Kier molecular flexibility index (Phi) is 7.78. The Labute approximate surface area is 206 Å². The molecule has 2 amide bonds. The van der Waals surface area contributed by atoms with Crippen molar-refractivity contribution in [2.24, 2.45) is 0 Å². The number of nitrogens with zero attached hydrogens (tertiary/aromatic N) is 2. The molecule has 2 heterocycles. The molecular weight excluding hydrogens is 449 g/mol. The van der Waals surface area contributed by atoms with Crippen molar-refractivity contribution < 1.29 is 23.5 Å². The average Bonchev–Trinajstić information content (AvgIpc) is 3.25. The Morgan fingerprint density at radius 1 is 1.14 bits per heavy atom. The molecule has 4 rings (SSSR count). The number of hydrogen-bond acceptors (Lipinski definition) is 5. The van der Waals surface area contributed by atoms with Gasteiger partial charge >= 0.3 is 0 Å². The van der Waals surface area contributed by atoms with Crippen molar-refractivity contribution in [3.63, 3.8) is 0 Å². The number of rotatable bonds is 9. The Morgan fingerprint density at radius 2 is 1.91 bits per heavy atom. The summed E-state index contributed by atoms with van der Waals surface area (Å²) in [5, 5.41) is 3.05. The summed E-state index contributed by atoms with van der Waals surface area (Å²) in [6, 6.07) is 12.7. The lowest BCUT2D eigenvalue weighted by Crippen LogP contribution is -2.50. The van der Waals surface area contributed by atoms with E-state index in [0.717, 1.165) is 24.5 Å². The largest absolute Gasteiger partial charge is 0.497 e. The second-order valence-corrected chi connectivity index (χ2v) is 9.23. The molecule has 2 aliphatic heterocycles. The van der Waals surface area contributed by atoms with E-state index in [-0.39, 0.29) is 17.6 Å². The molecule has 0 aliphatic carbocycles. The van der Waals surface area contributed by atoms with Gasteiger partial charge in [0.25, 0.3) is 0 Å². The maximum Gasteiger partial charge on any atom is 0.222 e. The zero-order valence-corrected chi connectivity index (χ0v) is 20.5. The van der Waals surface area contributed by atoms with E-state index in [2.05, 4.69) is 10.2 Å². The summed E-state index contributed by atoms with van der Waals surface area (Å²) < 4.78 is 25.5. The second-order valence-electron chi connectivity index (χ2n) is 9.23. The average molecular weight is 484 g/mol. The molecule has 0 unspecified atom stereocenters. The number of benzene rings is 2. The molecule has 2 aliphatic rings. The highest BCUT2D eigenvalue weighted by Crippen LogP contribution is 2.32. The minimum Gasteiger partial charge on any atom is -0.497 e. The van der Waals surface area contributed by atoms with Gasteiger partial charge in [-0.2, -0.15) is 0 Å². The SMILES string of the molecule is CCOc1ccccc1N1CCN(C(=O)CC[C@]2(Cc3ccc(OC)cc3F)CCC(=O)N2)CC1. The summed E-state index contributed by atoms with van der Waals surface area (Å²) in [4.78, 5) is 29.3. The molecule has 35 heavy (non-hydrogen) atoms. The summed E-state index contributed by atoms with van der Waals surface area (Å²) in [5.41, 5.74) is 0.957. The Balaban J connectivity index is 1.36. The predicted molar refractivity (Wildman–Crippen MR) is 132 cm³/mol. The van der Waals surface area contributed by atoms with Crippen LogP contribution in [0.3, 0.4) is 0 Å². The summed E-state index contributed by atoms with van der Waals surface area (Å²) >= 11 is 0. The zero-order valence-electron chi connectivity index (χ0n) is 20.5. The van der Waals surface area contributed by atoms with Gasteiger partial charge in [0.05, 0.1) is 19.4 Å². The van der Waals surface area contributed by atoms with E-state index in [1.54, 1.807) is 12.1 Å². The number of methoxy groups -OCH3 is 1. The van der Waals surface area contributed by atoms with Gasteiger partial charge in [0.1, 0.15) is 17.3 Å². The minimum atomic E-state index is -0.611. The van der Waals surface area contributed by atoms with Gasteiger partial charge in [-0.15, -0.1) is 0 Å². The van der Waals surface area contributed by atoms with E-state index in [1.807, 2.05) is 36.1 Å². The quantitative estimate of drug-likeness (QED) is 0.591. The van der Waals surface area contributed by atoms with Crippen LogP contribution in [0.15, 0.2) is 42.5 Å². The fourth-order valence-electron chi connectivity index (χ4n) is 5.04. The van der Waals surface area contributed by atoms with Gasteiger partial charge in [-0.3, -0.25) is 9.59 Å². The topological polar surface area (TPSA) is 71.1 Å². The van der Waals surface area contributed by atoms with Crippen LogP contribution in [0, 0.1) is 5.82 Å². The van der Waals surface area contributed by atoms with Crippen LogP contribution in [0.1, 0.15) is 38.2 Å². The first-order chi connectivity index (χ1) is 16.9. The van der Waals surface area contributed by atoms with Crippen LogP contribution in [-0.2, 0) is 16.0 Å². The standard InChI is InChI=1S/C27H34FN3O4/c1-3-35-24-7-5-4-6-23(24)30-14-16-31(17-15-30)26(33)11-13-27(12-10-25(32)29-27)19-20-8-9-21(34-2)18-22(20)28/h4-9,18H,3,10-17,19H2,1-2H3,(H,29,32)/t27-/m0/s1. The third-order valence-electron chi connectivity index (χ3n) is 6.98. The van der Waals surface area contributed by atoms with Gasteiger partial charge in [-0.05, 0) is 49.9 Å². The molecule has 0 saturated carbocycles. The molecule has 2 saturated heterocycles. The van der Waals surface area contributed by atoms with Crippen molar-refractivity contribution in [2.45, 2.75) is 44.6 Å². The Bertz CT molecular complexity index is 1050. The van der Waals surface area contributed by atoms with E-state index < -0.39 is 5.54 Å². The fraction of sp³-hybridized carbons (Fsp3) is 0.481. The van der Waals surface area contributed by atoms with Crippen molar-refractivity contribution in [2.75, 3.05) is 44.8 Å². The second kappa shape index (κ2) is 11.0. The van der Waals surface area contributed by atoms with Gasteiger partial charge in [-0.25, -0.2) is 4.39 Å². The molecule has 0 radical (unpaired) electrons. The molecule has 2 aromatic rings. The van der Waals surface area contributed by atoms with Crippen LogP contribution in [-0.4, -0.2) is 62.1 Å². The number of halogens is 1. The van der Waals surface area contributed by atoms with Crippen molar-refractivity contribution in [1.29, 1.82) is 0 Å². The van der Waals surface area contributed by atoms with E-state index in [1.165, 1.54) is 13.2 Å². The van der Waals surface area contributed by atoms with E-state index >= 15 is 0 Å². The zero-order chi connectivity index (χ0) is 24.8. The lowest BCUT2D eigenvalue weighted by Gasteiger charge is -2.37. The number of piperazine rings is 1. The predicted octanol–water partition coefficient (Wildman–Crippen LogP) is 3.55. The number of hydrogen-bond donors (Lipinski definition) is 1. The van der Waals surface area contributed by atoms with E-state index in [0.29, 0.717) is 63.1 Å². The minimum absolute atomic E-state index is 0.0482. The smallest absolute Gasteiger partial charge is 0.222 e. The fourth-order valence-corrected chi connectivity index (χ4v) is 5.04. The van der Waals surface area contributed by atoms with Crippen LogP contribution in [0.5, 0.6) is 11.5 Å². The molecule has 1 atom stereocenters. The van der Waals surface area contributed by atoms with Crippen molar-refractivity contribution >= 4 is 17.5 Å². The monoisotopic (exact) mass is 483 g/mol. The van der Waals surface area contributed by atoms with Crippen LogP contribution in [0.2, 0.25) is 0 Å². The normalized spacial score (nSPS) is 20.0. The molecule has 2 aromatic carbocycles. The molecule has 188 valence electrons. The van der Waals surface area contributed by atoms with Gasteiger partial charge in [0.2, 0.25) is 11.8 Å². The summed E-state index contributed by atoms with van der Waals surface area (Å²) in [6.45, 7) is 5.30. The first kappa shape index (κ1) is 24.8. The molecule has 7 nitrogen and oxygen atoms in total. The lowest BCUT2D eigenvalue weighted by atomic mass is 9.84. The van der Waals surface area contributed by atoms with Crippen LogP contribution in [0.4, 0.5) is 10.1 Å². The Hall–Kier alpha value is -3.29. The van der Waals surface area contributed by atoms with Crippen molar-refractivity contribution in [1.82, 2.24) is 10.2 Å². The molecule has 1 N–H and O–H groups in total. The number of carbonyl (C=O) groups excluding carboxylic acids is 2. The molecular formula is C27H34FN3O4. The van der Waals surface area contributed by atoms with Gasteiger partial charge in [-0.1, -0.05) is 18.2 Å². The van der Waals surface area contributed by atoms with Gasteiger partial charge in [0.15, 0.2) is 0 Å². The molecule has 0 spiro atoms. The van der Waals surface area contributed by atoms with E-state index in [4.69, 9.17) is 9.47 Å². The highest BCUT2D eigenvalue weighted by atomic mass is 19.1. The maximum absolute atomic E-state index is 14.6. The molecule has 0 aromatic heterocycles. The Morgan fingerprint density at radius 3 is 2.57 bits per heavy atom. The third kappa shape index (κ3) is 5.86. The number of para-hydroxylation sites is 2. The van der Waals surface area contributed by atoms with Crippen LogP contribution >= 0.6 is 0 Å². The van der Waals surface area contributed by atoms with Crippen LogP contribution in [0.25, 0.3) is 0 Å². The summed E-state index contributed by atoms with van der Waals surface area (Å²) in [6.07, 6.45) is 2.13. The third-order valence-corrected chi connectivity index (χ3v) is 6.98. The number of anilines is 1. The summed E-state index contributed by atoms with van der Waals surface area (Å²) in [5.74, 6) is 0.972. The molecule has 2 fully saturated rings. The maximum atomic E-state index is 14.6. The highest BCUT2D eigenvalue weighted by Gasteiger charge is 2.39. The first-order valence-electron chi connectivity index (χ1n) is 12.3. The number of nitrogens with one attached hydrogen (secondary N) is 1.